The highest BCUT2D eigenvalue weighted by molar-refractivity contribution is 5.49. The second kappa shape index (κ2) is 5.12. The molecule has 2 aromatic carbocycles. The third kappa shape index (κ3) is 2.47. The second-order valence-electron chi connectivity index (χ2n) is 4.00. The first-order valence-electron chi connectivity index (χ1n) is 5.51. The van der Waals surface area contributed by atoms with Crippen LogP contribution in [0.1, 0.15) is 11.1 Å². The van der Waals surface area contributed by atoms with E-state index in [1.54, 1.807) is 25.1 Å². The molecule has 0 fully saturated rings. The van der Waals surface area contributed by atoms with E-state index >= 15 is 0 Å². The van der Waals surface area contributed by atoms with Crippen molar-refractivity contribution in [2.24, 2.45) is 0 Å². The number of benzene rings is 2. The molecule has 0 amide bonds. The minimum absolute atomic E-state index is 0.0317. The molecular formula is C14H12F3N. The Morgan fingerprint density at radius 1 is 0.944 bits per heavy atom. The summed E-state index contributed by atoms with van der Waals surface area (Å²) in [5, 5.41) is 2.59. The van der Waals surface area contributed by atoms with E-state index in [1.165, 1.54) is 18.2 Å². The zero-order valence-corrected chi connectivity index (χ0v) is 9.81. The normalized spacial score (nSPS) is 10.4. The molecule has 0 saturated heterocycles. The molecule has 0 bridgehead atoms. The molecule has 0 heterocycles. The molecule has 0 saturated carbocycles. The van der Waals surface area contributed by atoms with Crippen LogP contribution >= 0.6 is 0 Å². The Kier molecular flexibility index (Phi) is 3.55. The van der Waals surface area contributed by atoms with E-state index in [4.69, 9.17) is 0 Å². The van der Waals surface area contributed by atoms with Crippen LogP contribution in [-0.4, -0.2) is 0 Å². The van der Waals surface area contributed by atoms with Crippen LogP contribution in [0, 0.1) is 24.4 Å². The van der Waals surface area contributed by atoms with E-state index in [1.807, 2.05) is 0 Å². The zero-order valence-electron chi connectivity index (χ0n) is 9.81. The van der Waals surface area contributed by atoms with Gasteiger partial charge in [-0.25, -0.2) is 13.2 Å². The van der Waals surface area contributed by atoms with Gasteiger partial charge in [0.05, 0.1) is 0 Å². The molecule has 0 aliphatic carbocycles. The number of hydrogen-bond donors (Lipinski definition) is 1. The van der Waals surface area contributed by atoms with Crippen molar-refractivity contribution in [1.82, 2.24) is 0 Å². The topological polar surface area (TPSA) is 12.0 Å². The zero-order chi connectivity index (χ0) is 13.1. The lowest BCUT2D eigenvalue weighted by Crippen LogP contribution is -2.06. The van der Waals surface area contributed by atoms with Crippen molar-refractivity contribution in [3.8, 4) is 0 Å². The quantitative estimate of drug-likeness (QED) is 0.868. The Hall–Kier alpha value is -1.97. The third-order valence-electron chi connectivity index (χ3n) is 2.70. The van der Waals surface area contributed by atoms with Gasteiger partial charge in [0.1, 0.15) is 17.3 Å². The number of hydrogen-bond acceptors (Lipinski definition) is 1. The average Bonchev–Trinajstić information content (AvgIpc) is 2.36. The molecule has 2 rings (SSSR count). The van der Waals surface area contributed by atoms with Gasteiger partial charge in [-0.2, -0.15) is 0 Å². The molecular weight excluding hydrogens is 239 g/mol. The number of halogens is 3. The molecule has 2 aromatic rings. The lowest BCUT2D eigenvalue weighted by Gasteiger charge is -2.10. The van der Waals surface area contributed by atoms with Crippen LogP contribution in [0.5, 0.6) is 0 Å². The summed E-state index contributed by atoms with van der Waals surface area (Å²) < 4.78 is 40.5. The van der Waals surface area contributed by atoms with E-state index in [2.05, 4.69) is 5.32 Å². The van der Waals surface area contributed by atoms with Gasteiger partial charge in [0.15, 0.2) is 5.82 Å². The third-order valence-corrected chi connectivity index (χ3v) is 2.70. The summed E-state index contributed by atoms with van der Waals surface area (Å²) in [4.78, 5) is 0. The SMILES string of the molecule is Cc1ccc(F)c(NCc2ccccc2F)c1F. The van der Waals surface area contributed by atoms with E-state index in [0.29, 0.717) is 11.1 Å². The van der Waals surface area contributed by atoms with Crippen LogP contribution in [0.25, 0.3) is 0 Å². The Morgan fingerprint density at radius 2 is 1.67 bits per heavy atom. The molecule has 0 atom stereocenters. The summed E-state index contributed by atoms with van der Waals surface area (Å²) in [5.41, 5.74) is 0.475. The Balaban J connectivity index is 2.21. The standard InChI is InChI=1S/C14H12F3N/c1-9-6-7-12(16)14(13(9)17)18-8-10-4-2-3-5-11(10)15/h2-7,18H,8H2,1H3. The average molecular weight is 251 g/mol. The number of aryl methyl sites for hydroxylation is 1. The molecule has 0 aliphatic heterocycles. The molecule has 4 heteroatoms. The minimum atomic E-state index is -0.686. The predicted octanol–water partition coefficient (Wildman–Crippen LogP) is 4.02. The Morgan fingerprint density at radius 3 is 2.39 bits per heavy atom. The smallest absolute Gasteiger partial charge is 0.152 e. The Labute approximate surface area is 103 Å². The van der Waals surface area contributed by atoms with E-state index < -0.39 is 17.5 Å². The second-order valence-corrected chi connectivity index (χ2v) is 4.00. The summed E-state index contributed by atoms with van der Waals surface area (Å²) in [6, 6.07) is 8.64. The van der Waals surface area contributed by atoms with Crippen LogP contribution < -0.4 is 5.32 Å². The predicted molar refractivity (Wildman–Crippen MR) is 64.8 cm³/mol. The minimum Gasteiger partial charge on any atom is -0.376 e. The van der Waals surface area contributed by atoms with Gasteiger partial charge in [0.25, 0.3) is 0 Å². The lowest BCUT2D eigenvalue weighted by atomic mass is 10.1. The van der Waals surface area contributed by atoms with Crippen LogP contribution in [0.15, 0.2) is 36.4 Å². The highest BCUT2D eigenvalue weighted by Crippen LogP contribution is 2.22. The molecule has 1 N–H and O–H groups in total. The van der Waals surface area contributed by atoms with Gasteiger partial charge in [0.2, 0.25) is 0 Å². The summed E-state index contributed by atoms with van der Waals surface area (Å²) >= 11 is 0. The molecule has 0 aromatic heterocycles. The van der Waals surface area contributed by atoms with Crippen molar-refractivity contribution < 1.29 is 13.2 Å². The van der Waals surface area contributed by atoms with Crippen molar-refractivity contribution in [3.63, 3.8) is 0 Å². The number of nitrogens with one attached hydrogen (secondary N) is 1. The van der Waals surface area contributed by atoms with Crippen LogP contribution in [-0.2, 0) is 6.54 Å². The maximum absolute atomic E-state index is 13.7. The largest absolute Gasteiger partial charge is 0.376 e. The highest BCUT2D eigenvalue weighted by atomic mass is 19.1. The number of rotatable bonds is 3. The summed E-state index contributed by atoms with van der Waals surface area (Å²) in [7, 11) is 0. The first kappa shape index (κ1) is 12.5. The van der Waals surface area contributed by atoms with Gasteiger partial charge < -0.3 is 5.32 Å². The fourth-order valence-corrected chi connectivity index (χ4v) is 1.64. The molecule has 18 heavy (non-hydrogen) atoms. The summed E-state index contributed by atoms with van der Waals surface area (Å²) in [6.07, 6.45) is 0. The maximum atomic E-state index is 13.7. The van der Waals surface area contributed by atoms with Gasteiger partial charge in [-0.1, -0.05) is 24.3 Å². The summed E-state index contributed by atoms with van der Waals surface area (Å²) in [6.45, 7) is 1.58. The van der Waals surface area contributed by atoms with Gasteiger partial charge in [-0.15, -0.1) is 0 Å². The molecule has 94 valence electrons. The van der Waals surface area contributed by atoms with E-state index in [9.17, 15) is 13.2 Å². The van der Waals surface area contributed by atoms with Crippen molar-refractivity contribution >= 4 is 5.69 Å². The first-order chi connectivity index (χ1) is 8.59. The lowest BCUT2D eigenvalue weighted by molar-refractivity contribution is 0.580. The molecule has 0 spiro atoms. The molecule has 1 nitrogen and oxygen atoms in total. The fraction of sp³-hybridized carbons (Fsp3) is 0.143. The van der Waals surface area contributed by atoms with Gasteiger partial charge in [0, 0.05) is 12.1 Å². The van der Waals surface area contributed by atoms with Gasteiger partial charge >= 0.3 is 0 Å². The molecule has 0 aliphatic rings. The molecule has 0 radical (unpaired) electrons. The van der Waals surface area contributed by atoms with E-state index in [0.717, 1.165) is 0 Å². The van der Waals surface area contributed by atoms with Gasteiger partial charge in [-0.05, 0) is 24.6 Å². The monoisotopic (exact) mass is 251 g/mol. The first-order valence-corrected chi connectivity index (χ1v) is 5.51. The van der Waals surface area contributed by atoms with Gasteiger partial charge in [-0.3, -0.25) is 0 Å². The van der Waals surface area contributed by atoms with Crippen molar-refractivity contribution in [3.05, 3.63) is 65.0 Å². The highest BCUT2D eigenvalue weighted by Gasteiger charge is 2.11. The van der Waals surface area contributed by atoms with Crippen molar-refractivity contribution in [2.45, 2.75) is 13.5 Å². The summed E-state index contributed by atoms with van der Waals surface area (Å²) in [5.74, 6) is -1.74. The van der Waals surface area contributed by atoms with Crippen molar-refractivity contribution in [1.29, 1.82) is 0 Å². The molecule has 0 unspecified atom stereocenters. The maximum Gasteiger partial charge on any atom is 0.152 e. The van der Waals surface area contributed by atoms with E-state index in [-0.39, 0.29) is 12.2 Å². The van der Waals surface area contributed by atoms with Crippen LogP contribution in [0.4, 0.5) is 18.9 Å². The number of anilines is 1. The Bertz CT molecular complexity index is 567. The van der Waals surface area contributed by atoms with Crippen LogP contribution in [0.2, 0.25) is 0 Å². The fourth-order valence-electron chi connectivity index (χ4n) is 1.64. The van der Waals surface area contributed by atoms with Crippen LogP contribution in [0.3, 0.4) is 0 Å². The van der Waals surface area contributed by atoms with Crippen molar-refractivity contribution in [2.75, 3.05) is 5.32 Å².